The highest BCUT2D eigenvalue weighted by Gasteiger charge is 2.27. The van der Waals surface area contributed by atoms with E-state index >= 15 is 0 Å². The highest BCUT2D eigenvalue weighted by atomic mass is 32.3. The quantitative estimate of drug-likeness (QED) is 0.755. The second-order valence-electron chi connectivity index (χ2n) is 2.97. The van der Waals surface area contributed by atoms with Gasteiger partial charge >= 0.3 is 10.2 Å². The van der Waals surface area contributed by atoms with Gasteiger partial charge in [0.15, 0.2) is 0 Å². The van der Waals surface area contributed by atoms with Crippen LogP contribution in [0.15, 0.2) is 18.2 Å². The summed E-state index contributed by atoms with van der Waals surface area (Å²) in [5, 5.41) is -1.58. The molecule has 84 valence electrons. The minimum atomic E-state index is -4.83. The van der Waals surface area contributed by atoms with Gasteiger partial charge in [-0.25, -0.2) is 4.39 Å². The van der Waals surface area contributed by atoms with Gasteiger partial charge in [0.05, 0.1) is 12.7 Å². The Hall–Kier alpha value is -1.17. The normalized spacial score (nSPS) is 13.6. The molecular weight excluding hydrogens is 226 g/mol. The first-order chi connectivity index (χ1) is 6.88. The summed E-state index contributed by atoms with van der Waals surface area (Å²) in [5.41, 5.74) is -0.289. The highest BCUT2D eigenvalue weighted by molar-refractivity contribution is 7.86. The number of benzene rings is 1. The number of ether oxygens (including phenoxy) is 1. The SMILES string of the molecule is COc1cccc(F)c1C(C)S(=O)(=O)F. The molecule has 0 radical (unpaired) electrons. The monoisotopic (exact) mass is 236 g/mol. The summed E-state index contributed by atoms with van der Waals surface area (Å²) in [5.74, 6) is -0.785. The minimum absolute atomic E-state index is 0.0173. The molecule has 6 heteroatoms. The van der Waals surface area contributed by atoms with Crippen molar-refractivity contribution in [2.24, 2.45) is 0 Å². The Bertz CT molecular complexity index is 456. The second-order valence-corrected chi connectivity index (χ2v) is 4.63. The first-order valence-corrected chi connectivity index (χ1v) is 5.58. The van der Waals surface area contributed by atoms with Crippen molar-refractivity contribution in [2.75, 3.05) is 7.11 Å². The van der Waals surface area contributed by atoms with E-state index in [-0.39, 0.29) is 11.3 Å². The molecule has 1 atom stereocenters. The molecule has 0 amide bonds. The van der Waals surface area contributed by atoms with E-state index in [4.69, 9.17) is 4.74 Å². The van der Waals surface area contributed by atoms with Crippen LogP contribution in [0.4, 0.5) is 8.28 Å². The standard InChI is InChI=1S/C9H10F2O3S/c1-6(15(11,12)13)9-7(10)4-3-5-8(9)14-2/h3-6H,1-2H3. The van der Waals surface area contributed by atoms with Gasteiger partial charge in [-0.05, 0) is 19.1 Å². The van der Waals surface area contributed by atoms with Gasteiger partial charge in [0.25, 0.3) is 0 Å². The molecule has 0 bridgehead atoms. The number of halogens is 2. The molecule has 0 saturated carbocycles. The van der Waals surface area contributed by atoms with Crippen molar-refractivity contribution in [3.8, 4) is 5.75 Å². The Morgan fingerprint density at radius 2 is 2.00 bits per heavy atom. The van der Waals surface area contributed by atoms with E-state index < -0.39 is 21.3 Å². The summed E-state index contributed by atoms with van der Waals surface area (Å²) in [6.45, 7) is 1.07. The lowest BCUT2D eigenvalue weighted by Crippen LogP contribution is -2.08. The van der Waals surface area contributed by atoms with Gasteiger partial charge in [-0.2, -0.15) is 8.42 Å². The Morgan fingerprint density at radius 1 is 1.40 bits per heavy atom. The smallest absolute Gasteiger partial charge is 0.309 e. The maximum atomic E-state index is 13.3. The van der Waals surface area contributed by atoms with E-state index in [1.54, 1.807) is 0 Å². The fourth-order valence-corrected chi connectivity index (χ4v) is 1.74. The van der Waals surface area contributed by atoms with E-state index in [0.717, 1.165) is 13.0 Å². The van der Waals surface area contributed by atoms with Crippen molar-refractivity contribution in [3.63, 3.8) is 0 Å². The van der Waals surface area contributed by atoms with Crippen LogP contribution in [0.2, 0.25) is 0 Å². The average molecular weight is 236 g/mol. The third-order valence-electron chi connectivity index (χ3n) is 2.06. The summed E-state index contributed by atoms with van der Waals surface area (Å²) in [7, 11) is -3.57. The van der Waals surface area contributed by atoms with Gasteiger partial charge in [-0.3, -0.25) is 0 Å². The van der Waals surface area contributed by atoms with Crippen LogP contribution in [-0.2, 0) is 10.2 Å². The summed E-state index contributed by atoms with van der Waals surface area (Å²) in [4.78, 5) is 0. The van der Waals surface area contributed by atoms with Crippen molar-refractivity contribution in [1.29, 1.82) is 0 Å². The van der Waals surface area contributed by atoms with Gasteiger partial charge in [-0.15, -0.1) is 3.89 Å². The Balaban J connectivity index is 3.36. The summed E-state index contributed by atoms with van der Waals surface area (Å²) >= 11 is 0. The van der Waals surface area contributed by atoms with Crippen LogP contribution in [0.25, 0.3) is 0 Å². The van der Waals surface area contributed by atoms with Gasteiger partial charge in [0.2, 0.25) is 0 Å². The van der Waals surface area contributed by atoms with Gasteiger partial charge < -0.3 is 4.74 Å². The Kier molecular flexibility index (Phi) is 3.28. The number of hydrogen-bond acceptors (Lipinski definition) is 3. The molecule has 0 heterocycles. The Labute approximate surface area is 86.9 Å². The van der Waals surface area contributed by atoms with Crippen LogP contribution >= 0.6 is 0 Å². The van der Waals surface area contributed by atoms with E-state index in [2.05, 4.69) is 0 Å². The molecule has 1 aromatic rings. The third-order valence-corrected chi connectivity index (χ3v) is 3.14. The van der Waals surface area contributed by atoms with Gasteiger partial charge in [0.1, 0.15) is 16.8 Å². The molecule has 15 heavy (non-hydrogen) atoms. The van der Waals surface area contributed by atoms with Crippen molar-refractivity contribution < 1.29 is 21.4 Å². The molecule has 0 aliphatic heterocycles. The molecule has 0 aromatic heterocycles. The van der Waals surface area contributed by atoms with E-state index in [1.165, 1.54) is 19.2 Å². The first-order valence-electron chi connectivity index (χ1n) is 4.13. The largest absolute Gasteiger partial charge is 0.496 e. The zero-order valence-electron chi connectivity index (χ0n) is 8.20. The molecule has 1 unspecified atom stereocenters. The predicted octanol–water partition coefficient (Wildman–Crippen LogP) is 2.19. The molecule has 0 aliphatic carbocycles. The molecule has 1 aromatic carbocycles. The zero-order chi connectivity index (χ0) is 11.6. The zero-order valence-corrected chi connectivity index (χ0v) is 9.01. The van der Waals surface area contributed by atoms with Crippen molar-refractivity contribution in [1.82, 2.24) is 0 Å². The lowest BCUT2D eigenvalue weighted by molar-refractivity contribution is 0.403. The van der Waals surface area contributed by atoms with Gasteiger partial charge in [-0.1, -0.05) is 6.07 Å². The van der Waals surface area contributed by atoms with E-state index in [9.17, 15) is 16.7 Å². The topological polar surface area (TPSA) is 43.4 Å². The fraction of sp³-hybridized carbons (Fsp3) is 0.333. The van der Waals surface area contributed by atoms with Crippen molar-refractivity contribution >= 4 is 10.2 Å². The van der Waals surface area contributed by atoms with E-state index in [0.29, 0.717) is 0 Å². The van der Waals surface area contributed by atoms with Crippen LogP contribution < -0.4 is 4.74 Å². The predicted molar refractivity (Wildman–Crippen MR) is 51.4 cm³/mol. The molecule has 0 fully saturated rings. The van der Waals surface area contributed by atoms with Gasteiger partial charge in [0, 0.05) is 0 Å². The van der Waals surface area contributed by atoms with Crippen LogP contribution in [0, 0.1) is 5.82 Å². The Morgan fingerprint density at radius 3 is 2.47 bits per heavy atom. The fourth-order valence-electron chi connectivity index (χ4n) is 1.23. The molecule has 0 spiro atoms. The lowest BCUT2D eigenvalue weighted by atomic mass is 10.1. The van der Waals surface area contributed by atoms with E-state index in [1.807, 2.05) is 0 Å². The van der Waals surface area contributed by atoms with Crippen LogP contribution in [0.1, 0.15) is 17.7 Å². The summed E-state index contributed by atoms with van der Waals surface area (Å²) in [6, 6.07) is 3.79. The maximum Gasteiger partial charge on any atom is 0.309 e. The first kappa shape index (κ1) is 11.9. The molecule has 0 N–H and O–H groups in total. The molecule has 1 rings (SSSR count). The summed E-state index contributed by atoms with van der Waals surface area (Å²) in [6.07, 6.45) is 0. The molecule has 3 nitrogen and oxygen atoms in total. The molecular formula is C9H10F2O3S. The van der Waals surface area contributed by atoms with Crippen molar-refractivity contribution in [3.05, 3.63) is 29.6 Å². The number of rotatable bonds is 3. The van der Waals surface area contributed by atoms with Crippen molar-refractivity contribution in [2.45, 2.75) is 12.2 Å². The number of methoxy groups -OCH3 is 1. The second kappa shape index (κ2) is 4.14. The van der Waals surface area contributed by atoms with Crippen LogP contribution in [-0.4, -0.2) is 15.5 Å². The third kappa shape index (κ3) is 2.44. The summed E-state index contributed by atoms with van der Waals surface area (Å²) < 4.78 is 52.1. The number of hydrogen-bond donors (Lipinski definition) is 0. The highest BCUT2D eigenvalue weighted by Crippen LogP contribution is 2.33. The minimum Gasteiger partial charge on any atom is -0.496 e. The van der Waals surface area contributed by atoms with Crippen LogP contribution in [0.3, 0.4) is 0 Å². The van der Waals surface area contributed by atoms with Crippen LogP contribution in [0.5, 0.6) is 5.75 Å². The maximum absolute atomic E-state index is 13.3. The average Bonchev–Trinajstić information content (AvgIpc) is 2.15. The molecule has 0 aliphatic rings. The lowest BCUT2D eigenvalue weighted by Gasteiger charge is -2.12. The molecule has 0 saturated heterocycles.